The molecule has 6 heteroatoms. The van der Waals surface area contributed by atoms with Crippen molar-refractivity contribution in [2.45, 2.75) is 32.2 Å². The normalized spacial score (nSPS) is 21.4. The van der Waals surface area contributed by atoms with Gasteiger partial charge in [0.15, 0.2) is 11.5 Å². The molecule has 2 N–H and O–H groups in total. The number of benzene rings is 1. The van der Waals surface area contributed by atoms with Crippen LogP contribution < -0.4 is 15.2 Å². The van der Waals surface area contributed by atoms with Crippen LogP contribution in [0, 0.1) is 5.92 Å². The van der Waals surface area contributed by atoms with Crippen LogP contribution in [0.5, 0.6) is 11.5 Å². The molecule has 1 fully saturated rings. The third-order valence-electron chi connectivity index (χ3n) is 4.45. The minimum Gasteiger partial charge on any atom is -0.489 e. The first-order chi connectivity index (χ1) is 10.8. The summed E-state index contributed by atoms with van der Waals surface area (Å²) in [4.78, 5) is 2.50. The standard InChI is InChI=1S/C17H25ClN2O2.ClH/c18-15-9-14(10-16-17(15)22-8-2-7-21-16)12-20-6-1-3-13(11-20)4-5-19;/h9-10,13H,1-8,11-12,19H2;1H. The number of fused-ring (bicyclic) bond motifs is 1. The molecule has 3 rings (SSSR count). The number of ether oxygens (including phenoxy) is 2. The van der Waals surface area contributed by atoms with Crippen molar-refractivity contribution in [2.75, 3.05) is 32.8 Å². The molecule has 2 heterocycles. The molecule has 4 nitrogen and oxygen atoms in total. The number of nitrogens with zero attached hydrogens (tertiary/aromatic N) is 1. The summed E-state index contributed by atoms with van der Waals surface area (Å²) in [6, 6.07) is 4.10. The quantitative estimate of drug-likeness (QED) is 0.892. The van der Waals surface area contributed by atoms with Gasteiger partial charge in [0.25, 0.3) is 0 Å². The Hall–Kier alpha value is -0.680. The fourth-order valence-corrected chi connectivity index (χ4v) is 3.69. The van der Waals surface area contributed by atoms with Crippen molar-refractivity contribution in [3.8, 4) is 11.5 Å². The molecule has 0 amide bonds. The van der Waals surface area contributed by atoms with Crippen molar-refractivity contribution < 1.29 is 9.47 Å². The van der Waals surface area contributed by atoms with E-state index in [1.165, 1.54) is 18.4 Å². The maximum atomic E-state index is 6.38. The van der Waals surface area contributed by atoms with Crippen LogP contribution in [0.3, 0.4) is 0 Å². The topological polar surface area (TPSA) is 47.7 Å². The van der Waals surface area contributed by atoms with Gasteiger partial charge in [0.1, 0.15) is 0 Å². The van der Waals surface area contributed by atoms with Gasteiger partial charge in [-0.2, -0.15) is 0 Å². The van der Waals surface area contributed by atoms with Gasteiger partial charge in [-0.05, 0) is 56.0 Å². The Morgan fingerprint density at radius 3 is 2.87 bits per heavy atom. The Kier molecular flexibility index (Phi) is 7.28. The van der Waals surface area contributed by atoms with Gasteiger partial charge in [-0.1, -0.05) is 11.6 Å². The molecule has 130 valence electrons. The van der Waals surface area contributed by atoms with Gasteiger partial charge in [-0.3, -0.25) is 4.90 Å². The molecule has 1 saturated heterocycles. The molecule has 1 unspecified atom stereocenters. The zero-order valence-corrected chi connectivity index (χ0v) is 15.0. The number of hydrogen-bond acceptors (Lipinski definition) is 4. The third-order valence-corrected chi connectivity index (χ3v) is 4.73. The van der Waals surface area contributed by atoms with Crippen molar-refractivity contribution in [1.82, 2.24) is 4.90 Å². The maximum absolute atomic E-state index is 6.38. The number of hydrogen-bond donors (Lipinski definition) is 1. The summed E-state index contributed by atoms with van der Waals surface area (Å²) >= 11 is 6.38. The van der Waals surface area contributed by atoms with Crippen molar-refractivity contribution in [3.63, 3.8) is 0 Å². The van der Waals surface area contributed by atoms with E-state index >= 15 is 0 Å². The molecule has 23 heavy (non-hydrogen) atoms. The highest BCUT2D eigenvalue weighted by molar-refractivity contribution is 6.32. The van der Waals surface area contributed by atoms with Gasteiger partial charge >= 0.3 is 0 Å². The Morgan fingerprint density at radius 2 is 2.04 bits per heavy atom. The van der Waals surface area contributed by atoms with Crippen molar-refractivity contribution in [2.24, 2.45) is 11.7 Å². The van der Waals surface area contributed by atoms with E-state index in [9.17, 15) is 0 Å². The maximum Gasteiger partial charge on any atom is 0.179 e. The van der Waals surface area contributed by atoms with E-state index in [4.69, 9.17) is 26.8 Å². The molecule has 0 aromatic heterocycles. The first kappa shape index (κ1) is 18.7. The summed E-state index contributed by atoms with van der Waals surface area (Å²) in [5.41, 5.74) is 6.90. The lowest BCUT2D eigenvalue weighted by Crippen LogP contribution is -2.35. The number of rotatable bonds is 4. The lowest BCUT2D eigenvalue weighted by atomic mass is 9.94. The van der Waals surface area contributed by atoms with E-state index in [0.29, 0.717) is 24.0 Å². The highest BCUT2D eigenvalue weighted by Gasteiger charge is 2.21. The van der Waals surface area contributed by atoms with E-state index in [-0.39, 0.29) is 12.4 Å². The fourth-order valence-electron chi connectivity index (χ4n) is 3.40. The average molecular weight is 361 g/mol. The molecular weight excluding hydrogens is 335 g/mol. The summed E-state index contributed by atoms with van der Waals surface area (Å²) in [7, 11) is 0. The zero-order valence-electron chi connectivity index (χ0n) is 13.4. The van der Waals surface area contributed by atoms with Gasteiger partial charge in [0, 0.05) is 19.5 Å². The smallest absolute Gasteiger partial charge is 0.179 e. The predicted octanol–water partition coefficient (Wildman–Crippen LogP) is 3.48. The number of halogens is 2. The summed E-state index contributed by atoms with van der Waals surface area (Å²) in [6.07, 6.45) is 4.57. The SMILES string of the molecule is Cl.NCCC1CCCN(Cc2cc(Cl)c3c(c2)OCCCO3)C1. The van der Waals surface area contributed by atoms with E-state index in [1.54, 1.807) is 0 Å². The zero-order chi connectivity index (χ0) is 15.4. The molecule has 1 aromatic carbocycles. The third kappa shape index (κ3) is 4.90. The Morgan fingerprint density at radius 1 is 1.22 bits per heavy atom. The van der Waals surface area contributed by atoms with Crippen LogP contribution in [0.2, 0.25) is 5.02 Å². The number of nitrogens with two attached hydrogens (primary N) is 1. The van der Waals surface area contributed by atoms with Crippen molar-refractivity contribution in [1.29, 1.82) is 0 Å². The minimum atomic E-state index is 0. The summed E-state index contributed by atoms with van der Waals surface area (Å²) < 4.78 is 11.5. The van der Waals surface area contributed by atoms with Crippen LogP contribution >= 0.6 is 24.0 Å². The van der Waals surface area contributed by atoms with E-state index in [1.807, 2.05) is 6.07 Å². The van der Waals surface area contributed by atoms with Gasteiger partial charge in [0.05, 0.1) is 18.2 Å². The molecule has 1 aromatic rings. The lowest BCUT2D eigenvalue weighted by Gasteiger charge is -2.32. The minimum absolute atomic E-state index is 0. The lowest BCUT2D eigenvalue weighted by molar-refractivity contribution is 0.163. The highest BCUT2D eigenvalue weighted by Crippen LogP contribution is 2.38. The van der Waals surface area contributed by atoms with Gasteiger partial charge < -0.3 is 15.2 Å². The molecule has 1 atom stereocenters. The second-order valence-corrected chi connectivity index (χ2v) is 6.68. The van der Waals surface area contributed by atoms with E-state index in [0.717, 1.165) is 50.7 Å². The first-order valence-corrected chi connectivity index (χ1v) is 8.64. The van der Waals surface area contributed by atoms with E-state index < -0.39 is 0 Å². The predicted molar refractivity (Wildman–Crippen MR) is 96.0 cm³/mol. The van der Waals surface area contributed by atoms with Gasteiger partial charge in [0.2, 0.25) is 0 Å². The van der Waals surface area contributed by atoms with Crippen LogP contribution in [-0.2, 0) is 6.54 Å². The van der Waals surface area contributed by atoms with Gasteiger partial charge in [-0.25, -0.2) is 0 Å². The summed E-state index contributed by atoms with van der Waals surface area (Å²) in [5, 5.41) is 0.657. The Labute approximate surface area is 149 Å². The molecule has 0 spiro atoms. The molecule has 2 aliphatic rings. The number of piperidine rings is 1. The second kappa shape index (κ2) is 8.97. The van der Waals surface area contributed by atoms with Crippen LogP contribution in [0.1, 0.15) is 31.2 Å². The highest BCUT2D eigenvalue weighted by atomic mass is 35.5. The fraction of sp³-hybridized carbons (Fsp3) is 0.647. The average Bonchev–Trinajstić information content (AvgIpc) is 2.74. The largest absolute Gasteiger partial charge is 0.489 e. The molecule has 0 bridgehead atoms. The van der Waals surface area contributed by atoms with Crippen molar-refractivity contribution in [3.05, 3.63) is 22.7 Å². The first-order valence-electron chi connectivity index (χ1n) is 8.26. The van der Waals surface area contributed by atoms with Crippen LogP contribution in [0.25, 0.3) is 0 Å². The Balaban J connectivity index is 0.00000192. The molecule has 0 saturated carbocycles. The summed E-state index contributed by atoms with van der Waals surface area (Å²) in [5.74, 6) is 2.22. The second-order valence-electron chi connectivity index (χ2n) is 6.28. The molecule has 2 aliphatic heterocycles. The van der Waals surface area contributed by atoms with Crippen LogP contribution in [-0.4, -0.2) is 37.7 Å². The molecule has 0 aliphatic carbocycles. The van der Waals surface area contributed by atoms with Crippen LogP contribution in [0.15, 0.2) is 12.1 Å². The molecular formula is C17H26Cl2N2O2. The van der Waals surface area contributed by atoms with Crippen molar-refractivity contribution >= 4 is 24.0 Å². The molecule has 0 radical (unpaired) electrons. The van der Waals surface area contributed by atoms with Gasteiger partial charge in [-0.15, -0.1) is 12.4 Å². The van der Waals surface area contributed by atoms with Crippen LogP contribution in [0.4, 0.5) is 0 Å². The summed E-state index contributed by atoms with van der Waals surface area (Å²) in [6.45, 7) is 5.33. The number of likely N-dealkylation sites (tertiary alicyclic amines) is 1. The monoisotopic (exact) mass is 360 g/mol. The Bertz CT molecular complexity index is 512. The van der Waals surface area contributed by atoms with E-state index in [2.05, 4.69) is 11.0 Å².